The molecule has 0 fully saturated rings. The number of rotatable bonds is 4. The van der Waals surface area contributed by atoms with Crippen molar-refractivity contribution in [3.63, 3.8) is 0 Å². The second-order valence-electron chi connectivity index (χ2n) is 2.04. The highest BCUT2D eigenvalue weighted by Gasteiger charge is 2.01. The Morgan fingerprint density at radius 3 is 2.80 bits per heavy atom. The summed E-state index contributed by atoms with van der Waals surface area (Å²) in [5.41, 5.74) is 0. The second kappa shape index (κ2) is 4.77. The number of nitrogens with zero attached hydrogens (tertiary/aromatic N) is 2. The first-order chi connectivity index (χ1) is 4.66. The molecule has 4 nitrogen and oxygen atoms in total. The molecule has 0 rings (SSSR count). The SMILES string of the molecule is CN(CCC#N)CC(=O)O. The summed E-state index contributed by atoms with van der Waals surface area (Å²) >= 11 is 0. The predicted octanol–water partition coefficient (Wildman–Crippen LogP) is -0.0835. The lowest BCUT2D eigenvalue weighted by Gasteiger charge is -2.09. The molecule has 0 unspecified atom stereocenters. The van der Waals surface area contributed by atoms with Crippen LogP contribution in [0.5, 0.6) is 0 Å². The average molecular weight is 142 g/mol. The van der Waals surface area contributed by atoms with E-state index in [0.717, 1.165) is 0 Å². The largest absolute Gasteiger partial charge is 0.480 e. The van der Waals surface area contributed by atoms with E-state index in [4.69, 9.17) is 10.4 Å². The Morgan fingerprint density at radius 1 is 1.80 bits per heavy atom. The van der Waals surface area contributed by atoms with Gasteiger partial charge in [-0.2, -0.15) is 5.26 Å². The molecule has 0 spiro atoms. The number of hydrogen-bond donors (Lipinski definition) is 1. The van der Waals surface area contributed by atoms with Crippen LogP contribution >= 0.6 is 0 Å². The first-order valence-electron chi connectivity index (χ1n) is 2.94. The highest BCUT2D eigenvalue weighted by atomic mass is 16.4. The highest BCUT2D eigenvalue weighted by molar-refractivity contribution is 5.68. The van der Waals surface area contributed by atoms with Crippen molar-refractivity contribution in [1.29, 1.82) is 5.26 Å². The number of carboxylic acid groups (broad SMARTS) is 1. The molecule has 0 atom stereocenters. The predicted molar refractivity (Wildman–Crippen MR) is 35.4 cm³/mol. The van der Waals surface area contributed by atoms with E-state index >= 15 is 0 Å². The van der Waals surface area contributed by atoms with Gasteiger partial charge in [-0.05, 0) is 7.05 Å². The van der Waals surface area contributed by atoms with Gasteiger partial charge in [0.15, 0.2) is 0 Å². The second-order valence-corrected chi connectivity index (χ2v) is 2.04. The molecule has 0 aromatic rings. The standard InChI is InChI=1S/C6H10N2O2/c1-8(4-2-3-7)5-6(9)10/h2,4-5H2,1H3,(H,9,10). The highest BCUT2D eigenvalue weighted by Crippen LogP contribution is 1.84. The van der Waals surface area contributed by atoms with Crippen LogP contribution in [0.25, 0.3) is 0 Å². The zero-order chi connectivity index (χ0) is 7.98. The molecule has 0 saturated carbocycles. The van der Waals surface area contributed by atoms with Crippen molar-refractivity contribution in [2.45, 2.75) is 6.42 Å². The third-order valence-electron chi connectivity index (χ3n) is 1.01. The summed E-state index contributed by atoms with van der Waals surface area (Å²) in [6.07, 6.45) is 0.379. The van der Waals surface area contributed by atoms with Crippen molar-refractivity contribution in [2.75, 3.05) is 20.1 Å². The molecule has 1 N–H and O–H groups in total. The fraction of sp³-hybridized carbons (Fsp3) is 0.667. The molecule has 0 saturated heterocycles. The summed E-state index contributed by atoms with van der Waals surface area (Å²) in [6, 6.07) is 1.94. The molecule has 0 bridgehead atoms. The Labute approximate surface area is 59.7 Å². The molecule has 10 heavy (non-hydrogen) atoms. The molecular weight excluding hydrogens is 132 g/mol. The third-order valence-corrected chi connectivity index (χ3v) is 1.01. The number of hydrogen-bond acceptors (Lipinski definition) is 3. The third kappa shape index (κ3) is 5.06. The van der Waals surface area contributed by atoms with E-state index in [1.165, 1.54) is 0 Å². The maximum Gasteiger partial charge on any atom is 0.317 e. The molecule has 0 aliphatic rings. The molecule has 0 aliphatic carbocycles. The Morgan fingerprint density at radius 2 is 2.40 bits per heavy atom. The van der Waals surface area contributed by atoms with Gasteiger partial charge in [0, 0.05) is 13.0 Å². The van der Waals surface area contributed by atoms with Crippen molar-refractivity contribution < 1.29 is 9.90 Å². The van der Waals surface area contributed by atoms with Gasteiger partial charge in [0.05, 0.1) is 12.6 Å². The quantitative estimate of drug-likeness (QED) is 0.596. The van der Waals surface area contributed by atoms with Gasteiger partial charge in [-0.3, -0.25) is 9.69 Å². The van der Waals surface area contributed by atoms with Gasteiger partial charge in [0.1, 0.15) is 0 Å². The molecule has 0 aliphatic heterocycles. The van der Waals surface area contributed by atoms with Crippen LogP contribution < -0.4 is 0 Å². The number of aliphatic carboxylic acids is 1. The minimum absolute atomic E-state index is 0.00167. The van der Waals surface area contributed by atoms with Gasteiger partial charge in [-0.1, -0.05) is 0 Å². The summed E-state index contributed by atoms with van der Waals surface area (Å²) in [5.74, 6) is -0.861. The Bertz CT molecular complexity index is 150. The van der Waals surface area contributed by atoms with Crippen LogP contribution in [0.1, 0.15) is 6.42 Å². The molecule has 0 radical (unpaired) electrons. The van der Waals surface area contributed by atoms with Gasteiger partial charge < -0.3 is 5.11 Å². The van der Waals surface area contributed by atoms with Crippen molar-refractivity contribution in [3.05, 3.63) is 0 Å². The summed E-state index contributed by atoms with van der Waals surface area (Å²) in [5, 5.41) is 16.4. The Kier molecular flexibility index (Phi) is 4.25. The fourth-order valence-corrected chi connectivity index (χ4v) is 0.551. The number of likely N-dealkylation sites (N-methyl/N-ethyl adjacent to an activating group) is 1. The zero-order valence-electron chi connectivity index (χ0n) is 5.87. The minimum atomic E-state index is -0.861. The van der Waals surface area contributed by atoms with Crippen LogP contribution in [0.2, 0.25) is 0 Å². The van der Waals surface area contributed by atoms with E-state index in [9.17, 15) is 4.79 Å². The maximum atomic E-state index is 10.0. The first kappa shape index (κ1) is 8.92. The number of carbonyl (C=O) groups is 1. The zero-order valence-corrected chi connectivity index (χ0v) is 5.87. The molecule has 0 amide bonds. The van der Waals surface area contributed by atoms with E-state index in [1.54, 1.807) is 11.9 Å². The number of carboxylic acids is 1. The fourth-order valence-electron chi connectivity index (χ4n) is 0.551. The molecule has 0 aromatic heterocycles. The van der Waals surface area contributed by atoms with Gasteiger partial charge in [0.25, 0.3) is 0 Å². The summed E-state index contributed by atoms with van der Waals surface area (Å²) in [6.45, 7) is 0.518. The van der Waals surface area contributed by atoms with Crippen LogP contribution in [0.15, 0.2) is 0 Å². The average Bonchev–Trinajstić information content (AvgIpc) is 1.82. The van der Waals surface area contributed by atoms with E-state index in [-0.39, 0.29) is 6.54 Å². The van der Waals surface area contributed by atoms with Crippen LogP contribution in [0.4, 0.5) is 0 Å². The smallest absolute Gasteiger partial charge is 0.317 e. The minimum Gasteiger partial charge on any atom is -0.480 e. The van der Waals surface area contributed by atoms with E-state index in [0.29, 0.717) is 13.0 Å². The summed E-state index contributed by atoms with van der Waals surface area (Å²) in [7, 11) is 1.67. The molecule has 56 valence electrons. The molecule has 0 aromatic carbocycles. The maximum absolute atomic E-state index is 10.0. The van der Waals surface area contributed by atoms with Crippen LogP contribution in [-0.4, -0.2) is 36.1 Å². The normalized spacial score (nSPS) is 9.30. The molecule has 0 heterocycles. The number of nitriles is 1. The van der Waals surface area contributed by atoms with Gasteiger partial charge >= 0.3 is 5.97 Å². The van der Waals surface area contributed by atoms with E-state index in [1.807, 2.05) is 6.07 Å². The van der Waals surface area contributed by atoms with Crippen LogP contribution in [0, 0.1) is 11.3 Å². The van der Waals surface area contributed by atoms with Crippen LogP contribution in [-0.2, 0) is 4.79 Å². The lowest BCUT2D eigenvalue weighted by atomic mass is 10.4. The lowest BCUT2D eigenvalue weighted by molar-refractivity contribution is -0.137. The Hall–Kier alpha value is -1.08. The Balaban J connectivity index is 3.36. The summed E-state index contributed by atoms with van der Waals surface area (Å²) in [4.78, 5) is 11.6. The van der Waals surface area contributed by atoms with Crippen molar-refractivity contribution in [3.8, 4) is 6.07 Å². The van der Waals surface area contributed by atoms with Crippen molar-refractivity contribution in [2.24, 2.45) is 0 Å². The molecular formula is C6H10N2O2. The van der Waals surface area contributed by atoms with Crippen molar-refractivity contribution >= 4 is 5.97 Å². The monoisotopic (exact) mass is 142 g/mol. The van der Waals surface area contributed by atoms with Gasteiger partial charge in [-0.25, -0.2) is 0 Å². The van der Waals surface area contributed by atoms with E-state index < -0.39 is 5.97 Å². The van der Waals surface area contributed by atoms with E-state index in [2.05, 4.69) is 0 Å². The lowest BCUT2D eigenvalue weighted by Crippen LogP contribution is -2.26. The topological polar surface area (TPSA) is 64.3 Å². The molecule has 4 heteroatoms. The van der Waals surface area contributed by atoms with Crippen molar-refractivity contribution in [1.82, 2.24) is 4.90 Å². The summed E-state index contributed by atoms with van der Waals surface area (Å²) < 4.78 is 0. The van der Waals surface area contributed by atoms with Crippen LogP contribution in [0.3, 0.4) is 0 Å². The first-order valence-corrected chi connectivity index (χ1v) is 2.94. The van der Waals surface area contributed by atoms with Gasteiger partial charge in [0.2, 0.25) is 0 Å². The van der Waals surface area contributed by atoms with Gasteiger partial charge in [-0.15, -0.1) is 0 Å².